The molecule has 1 heterocycles. The van der Waals surface area contributed by atoms with Gasteiger partial charge in [-0.25, -0.2) is 4.79 Å². The first-order valence-electron chi connectivity index (χ1n) is 6.27. The lowest BCUT2D eigenvalue weighted by atomic mass is 9.85. The summed E-state index contributed by atoms with van der Waals surface area (Å²) < 4.78 is 4.99. The largest absolute Gasteiger partial charge is 0.417 e. The molecule has 2 aromatic rings. The van der Waals surface area contributed by atoms with Crippen molar-refractivity contribution in [1.29, 1.82) is 0 Å². The Bertz CT molecular complexity index is 625. The van der Waals surface area contributed by atoms with E-state index in [1.54, 1.807) is 6.07 Å². The van der Waals surface area contributed by atoms with Gasteiger partial charge in [0.1, 0.15) is 0 Å². The summed E-state index contributed by atoms with van der Waals surface area (Å²) in [4.78, 5) is 16.0. The Balaban J connectivity index is 1.93. The molecule has 3 rings (SSSR count). The number of nitrogen functional groups attached to an aromatic ring is 1. The summed E-state index contributed by atoms with van der Waals surface area (Å²) in [5, 5.41) is 0. The Kier molecular flexibility index (Phi) is 2.54. The van der Waals surface area contributed by atoms with Crippen LogP contribution in [0.2, 0.25) is 0 Å². The second kappa shape index (κ2) is 4.08. The van der Waals surface area contributed by atoms with Crippen LogP contribution in [0, 0.1) is 5.92 Å². The Morgan fingerprint density at radius 1 is 1.50 bits per heavy atom. The van der Waals surface area contributed by atoms with Crippen LogP contribution in [0.3, 0.4) is 0 Å². The van der Waals surface area contributed by atoms with E-state index in [-0.39, 0.29) is 0 Å². The van der Waals surface area contributed by atoms with Crippen molar-refractivity contribution in [1.82, 2.24) is 4.98 Å². The van der Waals surface area contributed by atoms with Gasteiger partial charge in [0.25, 0.3) is 0 Å². The minimum atomic E-state index is -0.441. The first kappa shape index (κ1) is 11.2. The molecule has 0 aliphatic heterocycles. The molecule has 96 valence electrons. The molecule has 0 amide bonds. The third-order valence-corrected chi connectivity index (χ3v) is 3.74. The average Bonchev–Trinajstić information content (AvgIpc) is 2.61. The minimum Gasteiger partial charge on any atom is -0.408 e. The van der Waals surface area contributed by atoms with Gasteiger partial charge in [-0.3, -0.25) is 4.98 Å². The fraction of sp³-hybridized carbons (Fsp3) is 0.462. The molecule has 3 N–H and O–H groups in total. The van der Waals surface area contributed by atoms with Gasteiger partial charge in [0.05, 0.1) is 16.9 Å². The number of anilines is 2. The quantitative estimate of drug-likeness (QED) is 0.813. The molecule has 1 aromatic heterocycles. The van der Waals surface area contributed by atoms with Crippen molar-refractivity contribution in [2.24, 2.45) is 5.92 Å². The number of hydrogen-bond donors (Lipinski definition) is 2. The summed E-state index contributed by atoms with van der Waals surface area (Å²) in [6.07, 6.45) is 3.94. The molecular formula is C13H17N3O2. The van der Waals surface area contributed by atoms with Crippen LogP contribution in [0.4, 0.5) is 11.4 Å². The van der Waals surface area contributed by atoms with Crippen molar-refractivity contribution in [3.63, 3.8) is 0 Å². The van der Waals surface area contributed by atoms with Crippen molar-refractivity contribution in [3.05, 3.63) is 22.7 Å². The lowest BCUT2D eigenvalue weighted by molar-refractivity contribution is 0.321. The highest BCUT2D eigenvalue weighted by Gasteiger charge is 2.20. The molecule has 0 unspecified atom stereocenters. The van der Waals surface area contributed by atoms with Crippen molar-refractivity contribution in [2.75, 3.05) is 24.2 Å². The zero-order valence-electron chi connectivity index (χ0n) is 10.4. The van der Waals surface area contributed by atoms with Crippen LogP contribution >= 0.6 is 0 Å². The number of aromatic amines is 1. The van der Waals surface area contributed by atoms with Crippen molar-refractivity contribution < 1.29 is 4.42 Å². The maximum absolute atomic E-state index is 11.1. The summed E-state index contributed by atoms with van der Waals surface area (Å²) >= 11 is 0. The van der Waals surface area contributed by atoms with Crippen molar-refractivity contribution in [3.8, 4) is 0 Å². The topological polar surface area (TPSA) is 75.3 Å². The van der Waals surface area contributed by atoms with E-state index >= 15 is 0 Å². The van der Waals surface area contributed by atoms with Gasteiger partial charge in [-0.1, -0.05) is 6.42 Å². The standard InChI is InChI=1S/C13H17N3O2/c1-16(7-8-3-2-4-8)11-6-10-12(5-9(11)14)18-13(17)15-10/h5-6,8H,2-4,7,14H2,1H3,(H,15,17). The zero-order valence-corrected chi connectivity index (χ0v) is 10.4. The Morgan fingerprint density at radius 3 is 2.94 bits per heavy atom. The van der Waals surface area contributed by atoms with Crippen LogP contribution < -0.4 is 16.4 Å². The van der Waals surface area contributed by atoms with Gasteiger partial charge < -0.3 is 15.1 Å². The zero-order chi connectivity index (χ0) is 12.7. The Labute approximate surface area is 105 Å². The molecule has 18 heavy (non-hydrogen) atoms. The maximum Gasteiger partial charge on any atom is 0.417 e. The number of rotatable bonds is 3. The van der Waals surface area contributed by atoms with Crippen molar-refractivity contribution >= 4 is 22.5 Å². The number of oxazole rings is 1. The minimum absolute atomic E-state index is 0.441. The third-order valence-electron chi connectivity index (χ3n) is 3.74. The second-order valence-corrected chi connectivity index (χ2v) is 5.10. The van der Waals surface area contributed by atoms with E-state index < -0.39 is 5.76 Å². The number of hydrogen-bond acceptors (Lipinski definition) is 4. The average molecular weight is 247 g/mol. The molecule has 1 aliphatic carbocycles. The van der Waals surface area contributed by atoms with E-state index in [2.05, 4.69) is 9.88 Å². The molecule has 5 nitrogen and oxygen atoms in total. The van der Waals surface area contributed by atoms with Crippen LogP contribution in [-0.2, 0) is 0 Å². The summed E-state index contributed by atoms with van der Waals surface area (Å²) in [6.45, 7) is 1.01. The molecule has 1 saturated carbocycles. The van der Waals surface area contributed by atoms with Crippen LogP contribution in [-0.4, -0.2) is 18.6 Å². The second-order valence-electron chi connectivity index (χ2n) is 5.10. The van der Waals surface area contributed by atoms with Gasteiger partial charge in [0.2, 0.25) is 0 Å². The Morgan fingerprint density at radius 2 is 2.28 bits per heavy atom. The molecule has 0 saturated heterocycles. The number of H-pyrrole nitrogens is 1. The molecule has 1 aromatic carbocycles. The van der Waals surface area contributed by atoms with Crippen LogP contribution in [0.15, 0.2) is 21.3 Å². The number of benzene rings is 1. The summed E-state index contributed by atoms with van der Waals surface area (Å²) in [5.74, 6) is 0.330. The molecule has 1 fully saturated rings. The summed E-state index contributed by atoms with van der Waals surface area (Å²) in [7, 11) is 2.04. The molecule has 0 radical (unpaired) electrons. The third kappa shape index (κ3) is 1.85. The first-order chi connectivity index (χ1) is 8.63. The molecule has 5 heteroatoms. The van der Waals surface area contributed by atoms with E-state index in [0.717, 1.165) is 18.2 Å². The van der Waals surface area contributed by atoms with Gasteiger partial charge in [0.15, 0.2) is 5.58 Å². The van der Waals surface area contributed by atoms with Crippen molar-refractivity contribution in [2.45, 2.75) is 19.3 Å². The SMILES string of the molecule is CN(CC1CCC1)c1cc2[nH]c(=O)oc2cc1N. The summed E-state index contributed by atoms with van der Waals surface area (Å²) in [6, 6.07) is 3.59. The fourth-order valence-electron chi connectivity index (χ4n) is 2.49. The van der Waals surface area contributed by atoms with Gasteiger partial charge in [-0.15, -0.1) is 0 Å². The molecule has 0 atom stereocenters. The molecule has 1 aliphatic rings. The van der Waals surface area contributed by atoms with E-state index in [4.69, 9.17) is 10.2 Å². The highest BCUT2D eigenvalue weighted by atomic mass is 16.4. The van der Waals surface area contributed by atoms with E-state index in [1.807, 2.05) is 13.1 Å². The Hall–Kier alpha value is -1.91. The normalized spacial score (nSPS) is 15.8. The predicted molar refractivity (Wildman–Crippen MR) is 71.9 cm³/mol. The van der Waals surface area contributed by atoms with E-state index in [1.165, 1.54) is 19.3 Å². The van der Waals surface area contributed by atoms with E-state index in [0.29, 0.717) is 16.8 Å². The van der Waals surface area contributed by atoms with Gasteiger partial charge in [-0.2, -0.15) is 0 Å². The lowest BCUT2D eigenvalue weighted by Crippen LogP contribution is -2.29. The number of fused-ring (bicyclic) bond motifs is 1. The predicted octanol–water partition coefficient (Wildman–Crippen LogP) is 1.94. The van der Waals surface area contributed by atoms with Crippen LogP contribution in [0.25, 0.3) is 11.1 Å². The van der Waals surface area contributed by atoms with Gasteiger partial charge >= 0.3 is 5.76 Å². The highest BCUT2D eigenvalue weighted by Crippen LogP contribution is 2.31. The molecule has 0 bridgehead atoms. The molecular weight excluding hydrogens is 230 g/mol. The number of nitrogens with one attached hydrogen (secondary N) is 1. The summed E-state index contributed by atoms with van der Waals surface area (Å²) in [5.41, 5.74) is 8.82. The number of nitrogens with zero attached hydrogens (tertiary/aromatic N) is 1. The van der Waals surface area contributed by atoms with Crippen LogP contribution in [0.5, 0.6) is 0 Å². The number of nitrogens with two attached hydrogens (primary N) is 1. The van der Waals surface area contributed by atoms with E-state index in [9.17, 15) is 4.79 Å². The first-order valence-corrected chi connectivity index (χ1v) is 6.27. The number of aromatic nitrogens is 1. The lowest BCUT2D eigenvalue weighted by Gasteiger charge is -2.31. The highest BCUT2D eigenvalue weighted by molar-refractivity contribution is 5.85. The fourth-order valence-corrected chi connectivity index (χ4v) is 2.49. The van der Waals surface area contributed by atoms with Gasteiger partial charge in [0, 0.05) is 19.7 Å². The maximum atomic E-state index is 11.1. The smallest absolute Gasteiger partial charge is 0.408 e. The molecule has 0 spiro atoms. The van der Waals surface area contributed by atoms with Crippen LogP contribution in [0.1, 0.15) is 19.3 Å². The van der Waals surface area contributed by atoms with Gasteiger partial charge in [-0.05, 0) is 24.8 Å². The monoisotopic (exact) mass is 247 g/mol.